The molecule has 1 aromatic carbocycles. The predicted molar refractivity (Wildman–Crippen MR) is 113 cm³/mol. The monoisotopic (exact) mass is 404 g/mol. The number of nitrogens with zero attached hydrogens (tertiary/aromatic N) is 3. The number of aromatic amines is 1. The Labute approximate surface area is 174 Å². The van der Waals surface area contributed by atoms with E-state index in [2.05, 4.69) is 33.9 Å². The van der Waals surface area contributed by atoms with Gasteiger partial charge in [0.1, 0.15) is 5.82 Å². The SMILES string of the molecule is CC(Cc1ccc2c(c1)OCO2)CN1CCc2nc(-c3ccncc3)[nH]c(=O)c2C1. The Morgan fingerprint density at radius 1 is 1.17 bits per heavy atom. The molecule has 1 atom stereocenters. The lowest BCUT2D eigenvalue weighted by Gasteiger charge is -2.30. The second-order valence-electron chi connectivity index (χ2n) is 8.06. The van der Waals surface area contributed by atoms with E-state index >= 15 is 0 Å². The summed E-state index contributed by atoms with van der Waals surface area (Å²) >= 11 is 0. The van der Waals surface area contributed by atoms with Gasteiger partial charge in [0.2, 0.25) is 6.79 Å². The van der Waals surface area contributed by atoms with E-state index in [4.69, 9.17) is 14.5 Å². The Kier molecular flexibility index (Phi) is 4.96. The summed E-state index contributed by atoms with van der Waals surface area (Å²) < 4.78 is 10.9. The molecule has 0 saturated carbocycles. The Hall–Kier alpha value is -3.19. The van der Waals surface area contributed by atoms with Crippen LogP contribution in [0.25, 0.3) is 11.4 Å². The van der Waals surface area contributed by atoms with Crippen molar-refractivity contribution in [2.24, 2.45) is 5.92 Å². The second-order valence-corrected chi connectivity index (χ2v) is 8.06. The van der Waals surface area contributed by atoms with Crippen LogP contribution in [0, 0.1) is 5.92 Å². The van der Waals surface area contributed by atoms with E-state index in [0.717, 1.165) is 54.3 Å². The minimum Gasteiger partial charge on any atom is -0.454 e. The maximum Gasteiger partial charge on any atom is 0.255 e. The third-order valence-electron chi connectivity index (χ3n) is 5.69. The average Bonchev–Trinajstić information content (AvgIpc) is 3.22. The number of rotatable bonds is 5. The van der Waals surface area contributed by atoms with Gasteiger partial charge in [-0.2, -0.15) is 0 Å². The first-order valence-electron chi connectivity index (χ1n) is 10.3. The van der Waals surface area contributed by atoms with Crippen LogP contribution in [0.1, 0.15) is 23.7 Å². The molecular formula is C23H24N4O3. The zero-order chi connectivity index (χ0) is 20.5. The summed E-state index contributed by atoms with van der Waals surface area (Å²) in [6, 6.07) is 9.87. The average molecular weight is 404 g/mol. The third-order valence-corrected chi connectivity index (χ3v) is 5.69. The molecule has 2 aliphatic rings. The van der Waals surface area contributed by atoms with Crippen LogP contribution in [0.3, 0.4) is 0 Å². The molecule has 0 radical (unpaired) electrons. The van der Waals surface area contributed by atoms with Gasteiger partial charge in [0.25, 0.3) is 5.56 Å². The normalized spacial score (nSPS) is 16.3. The smallest absolute Gasteiger partial charge is 0.255 e. The molecule has 0 spiro atoms. The minimum atomic E-state index is -0.0417. The van der Waals surface area contributed by atoms with Gasteiger partial charge in [0.05, 0.1) is 11.3 Å². The van der Waals surface area contributed by atoms with Gasteiger partial charge < -0.3 is 14.5 Å². The molecule has 0 aliphatic carbocycles. The number of pyridine rings is 1. The van der Waals surface area contributed by atoms with E-state index in [1.165, 1.54) is 5.56 Å². The largest absolute Gasteiger partial charge is 0.454 e. The molecule has 3 aromatic rings. The lowest BCUT2D eigenvalue weighted by atomic mass is 9.98. The number of hydrogen-bond acceptors (Lipinski definition) is 6. The molecule has 5 rings (SSSR count). The molecule has 0 saturated heterocycles. The van der Waals surface area contributed by atoms with Gasteiger partial charge >= 0.3 is 0 Å². The van der Waals surface area contributed by atoms with Gasteiger partial charge in [0, 0.05) is 44.0 Å². The van der Waals surface area contributed by atoms with Crippen molar-refractivity contribution in [1.29, 1.82) is 0 Å². The number of nitrogens with one attached hydrogen (secondary N) is 1. The molecule has 2 aliphatic heterocycles. The highest BCUT2D eigenvalue weighted by molar-refractivity contribution is 5.54. The fourth-order valence-corrected chi connectivity index (χ4v) is 4.26. The lowest BCUT2D eigenvalue weighted by Crippen LogP contribution is -2.38. The van der Waals surface area contributed by atoms with Crippen LogP contribution in [0.5, 0.6) is 11.5 Å². The van der Waals surface area contributed by atoms with E-state index in [9.17, 15) is 4.79 Å². The third kappa shape index (κ3) is 3.80. The van der Waals surface area contributed by atoms with Crippen molar-refractivity contribution >= 4 is 0 Å². The van der Waals surface area contributed by atoms with Gasteiger partial charge in [-0.1, -0.05) is 13.0 Å². The Bertz CT molecular complexity index is 1110. The number of H-pyrrole nitrogens is 1. The summed E-state index contributed by atoms with van der Waals surface area (Å²) in [6.07, 6.45) is 5.15. The van der Waals surface area contributed by atoms with Crippen LogP contribution >= 0.6 is 0 Å². The number of benzene rings is 1. The van der Waals surface area contributed by atoms with E-state index in [0.29, 0.717) is 25.1 Å². The first kappa shape index (κ1) is 18.8. The Morgan fingerprint density at radius 2 is 2.00 bits per heavy atom. The van der Waals surface area contributed by atoms with Gasteiger partial charge in [-0.3, -0.25) is 14.7 Å². The summed E-state index contributed by atoms with van der Waals surface area (Å²) in [5.74, 6) is 2.71. The van der Waals surface area contributed by atoms with Crippen LogP contribution in [-0.4, -0.2) is 39.7 Å². The van der Waals surface area contributed by atoms with Crippen molar-refractivity contribution in [2.45, 2.75) is 26.3 Å². The van der Waals surface area contributed by atoms with Gasteiger partial charge in [-0.25, -0.2) is 4.98 Å². The predicted octanol–water partition coefficient (Wildman–Crippen LogP) is 2.80. The summed E-state index contributed by atoms with van der Waals surface area (Å²) in [5.41, 5.74) is 3.77. The standard InChI is InChI=1S/C23H24N4O3/c1-15(10-16-2-3-20-21(11-16)30-14-29-20)12-27-9-6-19-18(13-27)23(28)26-22(25-19)17-4-7-24-8-5-17/h2-5,7-8,11,15H,6,9-10,12-14H2,1H3,(H,25,26,28). The summed E-state index contributed by atoms with van der Waals surface area (Å²) in [4.78, 5) is 26.8. The van der Waals surface area contributed by atoms with Crippen molar-refractivity contribution in [3.05, 3.63) is 69.9 Å². The van der Waals surface area contributed by atoms with Crippen molar-refractivity contribution in [1.82, 2.24) is 19.9 Å². The zero-order valence-corrected chi connectivity index (χ0v) is 16.9. The van der Waals surface area contributed by atoms with E-state index < -0.39 is 0 Å². The van der Waals surface area contributed by atoms with E-state index in [1.54, 1.807) is 12.4 Å². The van der Waals surface area contributed by atoms with Crippen LogP contribution in [0.2, 0.25) is 0 Å². The quantitative estimate of drug-likeness (QED) is 0.704. The molecule has 0 amide bonds. The fourth-order valence-electron chi connectivity index (χ4n) is 4.26. The molecule has 2 aromatic heterocycles. The van der Waals surface area contributed by atoms with Crippen molar-refractivity contribution in [2.75, 3.05) is 19.9 Å². The highest BCUT2D eigenvalue weighted by Crippen LogP contribution is 2.33. The first-order chi connectivity index (χ1) is 14.7. The molecule has 0 bridgehead atoms. The topological polar surface area (TPSA) is 80.3 Å². The lowest BCUT2D eigenvalue weighted by molar-refractivity contribution is 0.174. The minimum absolute atomic E-state index is 0.0417. The van der Waals surface area contributed by atoms with Crippen molar-refractivity contribution < 1.29 is 9.47 Å². The zero-order valence-electron chi connectivity index (χ0n) is 16.9. The Morgan fingerprint density at radius 3 is 2.87 bits per heavy atom. The second kappa shape index (κ2) is 7.91. The maximum absolute atomic E-state index is 12.7. The molecule has 0 fully saturated rings. The summed E-state index contributed by atoms with van der Waals surface area (Å²) in [7, 11) is 0. The van der Waals surface area contributed by atoms with E-state index in [-0.39, 0.29) is 5.56 Å². The number of ether oxygens (including phenoxy) is 2. The molecule has 30 heavy (non-hydrogen) atoms. The molecule has 1 N–H and O–H groups in total. The number of aromatic nitrogens is 3. The molecule has 4 heterocycles. The molecule has 7 heteroatoms. The van der Waals surface area contributed by atoms with Crippen molar-refractivity contribution in [3.63, 3.8) is 0 Å². The maximum atomic E-state index is 12.7. The first-order valence-corrected chi connectivity index (χ1v) is 10.3. The summed E-state index contributed by atoms with van der Waals surface area (Å²) in [6.45, 7) is 5.02. The van der Waals surface area contributed by atoms with Gasteiger partial charge in [-0.15, -0.1) is 0 Å². The van der Waals surface area contributed by atoms with Crippen LogP contribution in [0.4, 0.5) is 0 Å². The number of fused-ring (bicyclic) bond motifs is 2. The van der Waals surface area contributed by atoms with Crippen LogP contribution in [0.15, 0.2) is 47.5 Å². The Balaban J connectivity index is 1.26. The highest BCUT2D eigenvalue weighted by Gasteiger charge is 2.23. The van der Waals surface area contributed by atoms with Crippen LogP contribution < -0.4 is 15.0 Å². The number of hydrogen-bond donors (Lipinski definition) is 1. The molecular weight excluding hydrogens is 380 g/mol. The molecule has 1 unspecified atom stereocenters. The highest BCUT2D eigenvalue weighted by atomic mass is 16.7. The van der Waals surface area contributed by atoms with Crippen molar-refractivity contribution in [3.8, 4) is 22.9 Å². The molecule has 154 valence electrons. The van der Waals surface area contributed by atoms with Gasteiger partial charge in [-0.05, 0) is 42.2 Å². The van der Waals surface area contributed by atoms with Gasteiger partial charge in [0.15, 0.2) is 11.5 Å². The molecule has 7 nitrogen and oxygen atoms in total. The fraction of sp³-hybridized carbons (Fsp3) is 0.348. The van der Waals surface area contributed by atoms with Crippen LogP contribution in [-0.2, 0) is 19.4 Å². The summed E-state index contributed by atoms with van der Waals surface area (Å²) in [5, 5.41) is 0. The van der Waals surface area contributed by atoms with E-state index in [1.807, 2.05) is 18.2 Å².